The number of rotatable bonds is 7. The van der Waals surface area contributed by atoms with Crippen LogP contribution in [-0.2, 0) is 4.74 Å². The van der Waals surface area contributed by atoms with E-state index in [1.807, 2.05) is 25.3 Å². The summed E-state index contributed by atoms with van der Waals surface area (Å²) in [6, 6.07) is 3.98. The van der Waals surface area contributed by atoms with Crippen molar-refractivity contribution in [1.82, 2.24) is 4.98 Å². The fraction of sp³-hybridized carbons (Fsp3) is 0.643. The highest BCUT2D eigenvalue weighted by molar-refractivity contribution is 5.48. The van der Waals surface area contributed by atoms with Crippen molar-refractivity contribution in [2.45, 2.75) is 26.8 Å². The summed E-state index contributed by atoms with van der Waals surface area (Å²) in [6.45, 7) is 8.89. The highest BCUT2D eigenvalue weighted by atomic mass is 16.5. The highest BCUT2D eigenvalue weighted by Crippen LogP contribution is 2.22. The van der Waals surface area contributed by atoms with Gasteiger partial charge in [0.25, 0.3) is 0 Å². The zero-order chi connectivity index (χ0) is 13.5. The lowest BCUT2D eigenvalue weighted by Crippen LogP contribution is -2.33. The van der Waals surface area contributed by atoms with Crippen LogP contribution < -0.4 is 10.6 Å². The Morgan fingerprint density at radius 3 is 2.67 bits per heavy atom. The van der Waals surface area contributed by atoms with Gasteiger partial charge in [0.15, 0.2) is 0 Å². The van der Waals surface area contributed by atoms with Crippen LogP contribution in [0, 0.1) is 5.92 Å². The third-order valence-electron chi connectivity index (χ3n) is 2.76. The second-order valence-corrected chi connectivity index (χ2v) is 5.04. The molecule has 0 spiro atoms. The van der Waals surface area contributed by atoms with E-state index < -0.39 is 0 Å². The van der Waals surface area contributed by atoms with Crippen LogP contribution >= 0.6 is 0 Å². The second kappa shape index (κ2) is 7.34. The summed E-state index contributed by atoms with van der Waals surface area (Å²) in [5.41, 5.74) is 7.11. The Labute approximate surface area is 110 Å². The maximum atomic E-state index is 6.01. The van der Waals surface area contributed by atoms with Gasteiger partial charge >= 0.3 is 0 Å². The zero-order valence-electron chi connectivity index (χ0n) is 11.9. The van der Waals surface area contributed by atoms with Gasteiger partial charge in [0, 0.05) is 38.0 Å². The third-order valence-corrected chi connectivity index (χ3v) is 2.76. The van der Waals surface area contributed by atoms with Gasteiger partial charge in [0.2, 0.25) is 0 Å². The van der Waals surface area contributed by atoms with E-state index in [1.54, 1.807) is 7.11 Å². The van der Waals surface area contributed by atoms with Crippen molar-refractivity contribution in [2.24, 2.45) is 11.7 Å². The fourth-order valence-electron chi connectivity index (χ4n) is 1.95. The van der Waals surface area contributed by atoms with Crippen molar-refractivity contribution in [3.05, 3.63) is 23.9 Å². The summed E-state index contributed by atoms with van der Waals surface area (Å²) >= 11 is 0. The average Bonchev–Trinajstić information content (AvgIpc) is 2.34. The third kappa shape index (κ3) is 4.27. The number of hydrogen-bond donors (Lipinski definition) is 1. The normalized spacial score (nSPS) is 12.8. The average molecular weight is 251 g/mol. The molecule has 0 radical (unpaired) electrons. The van der Waals surface area contributed by atoms with Gasteiger partial charge < -0.3 is 15.4 Å². The lowest BCUT2D eigenvalue weighted by molar-refractivity contribution is 0.204. The second-order valence-electron chi connectivity index (χ2n) is 5.04. The number of aromatic nitrogens is 1. The van der Waals surface area contributed by atoms with E-state index in [2.05, 4.69) is 23.7 Å². The van der Waals surface area contributed by atoms with Crippen molar-refractivity contribution in [3.63, 3.8) is 0 Å². The summed E-state index contributed by atoms with van der Waals surface area (Å²) in [7, 11) is 1.72. The molecule has 1 heterocycles. The minimum atomic E-state index is -0.00842. The summed E-state index contributed by atoms with van der Waals surface area (Å²) in [4.78, 5) is 6.75. The molecule has 0 aliphatic carbocycles. The summed E-state index contributed by atoms with van der Waals surface area (Å²) < 4.78 is 5.18. The first-order valence-corrected chi connectivity index (χ1v) is 6.50. The predicted octanol–water partition coefficient (Wildman–Crippen LogP) is 2.21. The molecule has 4 nitrogen and oxygen atoms in total. The van der Waals surface area contributed by atoms with E-state index in [1.165, 1.54) is 0 Å². The molecule has 0 amide bonds. The van der Waals surface area contributed by atoms with E-state index in [9.17, 15) is 0 Å². The Balaban J connectivity index is 2.95. The van der Waals surface area contributed by atoms with Gasteiger partial charge in [-0.15, -0.1) is 0 Å². The molecule has 0 aliphatic rings. The first kappa shape index (κ1) is 14.9. The van der Waals surface area contributed by atoms with Crippen LogP contribution in [0.1, 0.15) is 32.4 Å². The number of methoxy groups -OCH3 is 1. The van der Waals surface area contributed by atoms with Gasteiger partial charge in [-0.1, -0.05) is 19.9 Å². The van der Waals surface area contributed by atoms with Crippen molar-refractivity contribution >= 4 is 5.82 Å². The smallest absolute Gasteiger partial charge is 0.133 e. The van der Waals surface area contributed by atoms with E-state index in [4.69, 9.17) is 10.5 Å². The molecule has 1 unspecified atom stereocenters. The van der Waals surface area contributed by atoms with E-state index in [-0.39, 0.29) is 6.04 Å². The van der Waals surface area contributed by atoms with E-state index in [0.29, 0.717) is 12.5 Å². The number of ether oxygens (including phenoxy) is 1. The molecular weight excluding hydrogens is 226 g/mol. The standard InChI is InChI=1S/C14H25N3O/c1-11(2)10-17(8-9-18-4)14-13(12(3)15)6-5-7-16-14/h5-7,11-12H,8-10,15H2,1-4H3. The van der Waals surface area contributed by atoms with Crippen molar-refractivity contribution < 1.29 is 4.74 Å². The van der Waals surface area contributed by atoms with Crippen LogP contribution in [0.25, 0.3) is 0 Å². The minimum absolute atomic E-state index is 0.00842. The first-order valence-electron chi connectivity index (χ1n) is 6.50. The lowest BCUT2D eigenvalue weighted by atomic mass is 10.1. The van der Waals surface area contributed by atoms with Crippen LogP contribution in [0.5, 0.6) is 0 Å². The number of hydrogen-bond acceptors (Lipinski definition) is 4. The van der Waals surface area contributed by atoms with Gasteiger partial charge in [-0.3, -0.25) is 0 Å². The van der Waals surface area contributed by atoms with Crippen LogP contribution in [-0.4, -0.2) is 31.8 Å². The Hall–Kier alpha value is -1.13. The molecule has 1 atom stereocenters. The van der Waals surface area contributed by atoms with Crippen LogP contribution in [0.3, 0.4) is 0 Å². The maximum Gasteiger partial charge on any atom is 0.133 e. The Morgan fingerprint density at radius 1 is 1.39 bits per heavy atom. The van der Waals surface area contributed by atoms with Gasteiger partial charge in [-0.25, -0.2) is 4.98 Å². The maximum absolute atomic E-state index is 6.01. The van der Waals surface area contributed by atoms with Crippen molar-refractivity contribution in [3.8, 4) is 0 Å². The molecule has 2 N–H and O–H groups in total. The molecule has 4 heteroatoms. The fourth-order valence-corrected chi connectivity index (χ4v) is 1.95. The Morgan fingerprint density at radius 2 is 2.11 bits per heavy atom. The molecule has 1 aromatic rings. The van der Waals surface area contributed by atoms with E-state index >= 15 is 0 Å². The first-order chi connectivity index (χ1) is 8.56. The topological polar surface area (TPSA) is 51.4 Å². The largest absolute Gasteiger partial charge is 0.383 e. The SMILES string of the molecule is COCCN(CC(C)C)c1ncccc1C(C)N. The molecule has 0 bridgehead atoms. The highest BCUT2D eigenvalue weighted by Gasteiger charge is 2.15. The molecular formula is C14H25N3O. The molecule has 0 saturated heterocycles. The number of nitrogens with two attached hydrogens (primary N) is 1. The van der Waals surface area contributed by atoms with Crippen molar-refractivity contribution in [2.75, 3.05) is 31.7 Å². The molecule has 0 aliphatic heterocycles. The molecule has 0 aromatic carbocycles. The van der Waals surface area contributed by atoms with E-state index in [0.717, 1.165) is 24.5 Å². The van der Waals surface area contributed by atoms with Crippen LogP contribution in [0.4, 0.5) is 5.82 Å². The predicted molar refractivity (Wildman–Crippen MR) is 75.8 cm³/mol. The quantitative estimate of drug-likeness (QED) is 0.807. The number of nitrogens with zero attached hydrogens (tertiary/aromatic N) is 2. The zero-order valence-corrected chi connectivity index (χ0v) is 11.9. The minimum Gasteiger partial charge on any atom is -0.383 e. The van der Waals surface area contributed by atoms with Gasteiger partial charge in [-0.05, 0) is 18.9 Å². The van der Waals surface area contributed by atoms with Gasteiger partial charge in [0.05, 0.1) is 6.61 Å². The number of anilines is 1. The molecule has 0 fully saturated rings. The molecule has 0 saturated carbocycles. The van der Waals surface area contributed by atoms with Crippen LogP contribution in [0.2, 0.25) is 0 Å². The Kier molecular flexibility index (Phi) is 6.09. The summed E-state index contributed by atoms with van der Waals surface area (Å²) in [5.74, 6) is 1.56. The molecule has 1 aromatic heterocycles. The molecule has 102 valence electrons. The summed E-state index contributed by atoms with van der Waals surface area (Å²) in [6.07, 6.45) is 1.82. The monoisotopic (exact) mass is 251 g/mol. The van der Waals surface area contributed by atoms with Gasteiger partial charge in [-0.2, -0.15) is 0 Å². The van der Waals surface area contributed by atoms with Crippen molar-refractivity contribution in [1.29, 1.82) is 0 Å². The van der Waals surface area contributed by atoms with Crippen LogP contribution in [0.15, 0.2) is 18.3 Å². The molecule has 1 rings (SSSR count). The summed E-state index contributed by atoms with van der Waals surface area (Å²) in [5, 5.41) is 0. The van der Waals surface area contributed by atoms with Gasteiger partial charge in [0.1, 0.15) is 5.82 Å². The lowest BCUT2D eigenvalue weighted by Gasteiger charge is -2.28. The molecule has 18 heavy (non-hydrogen) atoms. The number of pyridine rings is 1. The Bertz CT molecular complexity index is 353.